The number of amides is 2. The van der Waals surface area contributed by atoms with E-state index in [9.17, 15) is 9.59 Å². The van der Waals surface area contributed by atoms with Crippen molar-refractivity contribution in [2.75, 3.05) is 6.54 Å². The van der Waals surface area contributed by atoms with Gasteiger partial charge in [0.05, 0.1) is 12.0 Å². The Balaban J connectivity index is 1.34. The number of likely N-dealkylation sites (tertiary alicyclic amines) is 1. The second kappa shape index (κ2) is 6.36. The van der Waals surface area contributed by atoms with Gasteiger partial charge >= 0.3 is 0 Å². The maximum absolute atomic E-state index is 12.5. The van der Waals surface area contributed by atoms with Crippen molar-refractivity contribution in [1.82, 2.24) is 15.2 Å². The molecule has 24 heavy (non-hydrogen) atoms. The zero-order valence-corrected chi connectivity index (χ0v) is 14.0. The molecule has 6 heteroatoms. The number of pyridine rings is 1. The zero-order valence-electron chi connectivity index (χ0n) is 13.2. The Kier molecular flexibility index (Phi) is 4.06. The lowest BCUT2D eigenvalue weighted by Gasteiger charge is -2.32. The third-order valence-corrected chi connectivity index (χ3v) is 5.77. The monoisotopic (exact) mass is 341 g/mol. The molecule has 2 fully saturated rings. The van der Waals surface area contributed by atoms with Crippen LogP contribution in [0.5, 0.6) is 0 Å². The topological polar surface area (TPSA) is 62.3 Å². The molecule has 0 radical (unpaired) electrons. The van der Waals surface area contributed by atoms with Crippen molar-refractivity contribution in [2.45, 2.75) is 31.3 Å². The smallest absolute Gasteiger partial charge is 0.253 e. The Hall–Kier alpha value is -2.21. The van der Waals surface area contributed by atoms with E-state index in [-0.39, 0.29) is 23.9 Å². The molecule has 1 saturated carbocycles. The van der Waals surface area contributed by atoms with E-state index in [2.05, 4.69) is 10.3 Å². The molecular weight excluding hydrogens is 322 g/mol. The number of nitrogens with one attached hydrogen (secondary N) is 1. The molecule has 5 nitrogen and oxygen atoms in total. The number of hydrogen-bond acceptors (Lipinski definition) is 4. The van der Waals surface area contributed by atoms with Crippen molar-refractivity contribution < 1.29 is 9.59 Å². The fraction of sp³-hybridized carbons (Fsp3) is 0.389. The number of piperidine rings is 1. The molecule has 3 atom stereocenters. The standard InChI is InChI=1S/C18H19N3O2S/c22-17(6-12-3-5-24-11-12)21-10-14-7-15(21)8-16(14)20-18(23)13-2-1-4-19-9-13/h1-5,9,11,14-16H,6-8,10H2,(H,20,23)/t14-,15-,16-/m0/s1. The van der Waals surface area contributed by atoms with E-state index in [0.717, 1.165) is 24.9 Å². The van der Waals surface area contributed by atoms with Crippen LogP contribution in [0.3, 0.4) is 0 Å². The summed E-state index contributed by atoms with van der Waals surface area (Å²) in [6.07, 6.45) is 5.57. The summed E-state index contributed by atoms with van der Waals surface area (Å²) in [7, 11) is 0. The molecule has 0 unspecified atom stereocenters. The van der Waals surface area contributed by atoms with Crippen LogP contribution in [-0.2, 0) is 11.2 Å². The molecule has 0 aromatic carbocycles. The van der Waals surface area contributed by atoms with E-state index in [4.69, 9.17) is 0 Å². The van der Waals surface area contributed by atoms with Gasteiger partial charge in [0.15, 0.2) is 0 Å². The van der Waals surface area contributed by atoms with E-state index < -0.39 is 0 Å². The van der Waals surface area contributed by atoms with Crippen molar-refractivity contribution in [3.05, 3.63) is 52.5 Å². The largest absolute Gasteiger partial charge is 0.349 e. The lowest BCUT2D eigenvalue weighted by atomic mass is 10.0. The summed E-state index contributed by atoms with van der Waals surface area (Å²) in [5.74, 6) is 0.497. The van der Waals surface area contributed by atoms with Crippen molar-refractivity contribution in [2.24, 2.45) is 5.92 Å². The van der Waals surface area contributed by atoms with Gasteiger partial charge in [-0.25, -0.2) is 0 Å². The normalized spacial score (nSPS) is 25.0. The van der Waals surface area contributed by atoms with Crippen molar-refractivity contribution in [1.29, 1.82) is 0 Å². The Morgan fingerprint density at radius 3 is 2.92 bits per heavy atom. The molecular formula is C18H19N3O2S. The highest BCUT2D eigenvalue weighted by Crippen LogP contribution is 2.38. The van der Waals surface area contributed by atoms with Crippen LogP contribution < -0.4 is 5.32 Å². The van der Waals surface area contributed by atoms with Gasteiger partial charge in [-0.05, 0) is 53.3 Å². The summed E-state index contributed by atoms with van der Waals surface area (Å²) >= 11 is 1.62. The fourth-order valence-corrected chi connectivity index (χ4v) is 4.52. The van der Waals surface area contributed by atoms with Crippen LogP contribution in [0.2, 0.25) is 0 Å². The molecule has 1 N–H and O–H groups in total. The van der Waals surface area contributed by atoms with Gasteiger partial charge in [0, 0.05) is 31.0 Å². The lowest BCUT2D eigenvalue weighted by molar-refractivity contribution is -0.132. The van der Waals surface area contributed by atoms with Gasteiger partial charge in [-0.15, -0.1) is 0 Å². The van der Waals surface area contributed by atoms with Crippen LogP contribution in [0, 0.1) is 5.92 Å². The summed E-state index contributed by atoms with van der Waals surface area (Å²) in [6, 6.07) is 5.97. The maximum Gasteiger partial charge on any atom is 0.253 e. The van der Waals surface area contributed by atoms with Crippen LogP contribution in [0.4, 0.5) is 0 Å². The molecule has 3 heterocycles. The number of carbonyl (C=O) groups is 2. The number of aromatic nitrogens is 1. The third-order valence-electron chi connectivity index (χ3n) is 5.04. The minimum absolute atomic E-state index is 0.0724. The van der Waals surface area contributed by atoms with Crippen molar-refractivity contribution in [3.63, 3.8) is 0 Å². The number of carbonyl (C=O) groups excluding carboxylic acids is 2. The first kappa shape index (κ1) is 15.3. The van der Waals surface area contributed by atoms with Crippen LogP contribution in [0.15, 0.2) is 41.4 Å². The number of rotatable bonds is 4. The Morgan fingerprint density at radius 1 is 1.33 bits per heavy atom. The number of nitrogens with zero attached hydrogens (tertiary/aromatic N) is 2. The second-order valence-corrected chi connectivity index (χ2v) is 7.34. The van der Waals surface area contributed by atoms with E-state index in [1.54, 1.807) is 35.9 Å². The predicted molar refractivity (Wildman–Crippen MR) is 91.7 cm³/mol. The van der Waals surface area contributed by atoms with Crippen LogP contribution >= 0.6 is 11.3 Å². The molecule has 2 aromatic heterocycles. The molecule has 1 saturated heterocycles. The summed E-state index contributed by atoms with van der Waals surface area (Å²) in [6.45, 7) is 0.756. The van der Waals surface area contributed by atoms with E-state index in [1.807, 2.05) is 21.7 Å². The average Bonchev–Trinajstić information content (AvgIpc) is 3.32. The molecule has 1 aliphatic carbocycles. The molecule has 1 aliphatic heterocycles. The molecule has 4 rings (SSSR count). The van der Waals surface area contributed by atoms with Gasteiger partial charge in [-0.3, -0.25) is 14.6 Å². The number of thiophene rings is 1. The summed E-state index contributed by atoms with van der Waals surface area (Å²) < 4.78 is 0. The fourth-order valence-electron chi connectivity index (χ4n) is 3.85. The van der Waals surface area contributed by atoms with Crippen molar-refractivity contribution >= 4 is 23.2 Å². The second-order valence-electron chi connectivity index (χ2n) is 6.56. The third kappa shape index (κ3) is 2.94. The van der Waals surface area contributed by atoms with Gasteiger partial charge in [0.1, 0.15) is 0 Å². The van der Waals surface area contributed by atoms with Crippen LogP contribution in [0.1, 0.15) is 28.8 Å². The van der Waals surface area contributed by atoms with E-state index >= 15 is 0 Å². The SMILES string of the molecule is O=C(N[C@H]1C[C@@H]2C[C@H]1CN2C(=O)Cc1ccsc1)c1cccnc1. The first-order valence-electron chi connectivity index (χ1n) is 8.22. The molecule has 2 aliphatic rings. The first-order chi connectivity index (χ1) is 11.7. The zero-order chi connectivity index (χ0) is 16.5. The molecule has 2 amide bonds. The Labute approximate surface area is 144 Å². The van der Waals surface area contributed by atoms with Crippen molar-refractivity contribution in [3.8, 4) is 0 Å². The molecule has 124 valence electrons. The molecule has 2 bridgehead atoms. The van der Waals surface area contributed by atoms with Crippen LogP contribution in [-0.4, -0.2) is 40.3 Å². The lowest BCUT2D eigenvalue weighted by Crippen LogP contribution is -2.48. The minimum atomic E-state index is -0.0724. The number of fused-ring (bicyclic) bond motifs is 2. The van der Waals surface area contributed by atoms with Gasteiger partial charge < -0.3 is 10.2 Å². The number of hydrogen-bond donors (Lipinski definition) is 1. The first-order valence-corrected chi connectivity index (χ1v) is 9.16. The van der Waals surface area contributed by atoms with Crippen LogP contribution in [0.25, 0.3) is 0 Å². The Morgan fingerprint density at radius 2 is 2.25 bits per heavy atom. The van der Waals surface area contributed by atoms with E-state index in [1.165, 1.54) is 0 Å². The predicted octanol–water partition coefficient (Wildman–Crippen LogP) is 2.10. The quantitative estimate of drug-likeness (QED) is 0.926. The molecule has 2 aromatic rings. The molecule has 0 spiro atoms. The highest BCUT2D eigenvalue weighted by molar-refractivity contribution is 7.08. The summed E-state index contributed by atoms with van der Waals surface area (Å²) in [5.41, 5.74) is 1.68. The average molecular weight is 341 g/mol. The summed E-state index contributed by atoms with van der Waals surface area (Å²) in [5, 5.41) is 7.15. The van der Waals surface area contributed by atoms with Gasteiger partial charge in [0.2, 0.25) is 5.91 Å². The van der Waals surface area contributed by atoms with Gasteiger partial charge in [-0.1, -0.05) is 0 Å². The summed E-state index contributed by atoms with van der Waals surface area (Å²) in [4.78, 5) is 30.8. The maximum atomic E-state index is 12.5. The Bertz CT molecular complexity index is 732. The van der Waals surface area contributed by atoms with E-state index in [0.29, 0.717) is 17.9 Å². The van der Waals surface area contributed by atoms with Gasteiger partial charge in [0.25, 0.3) is 5.91 Å². The minimum Gasteiger partial charge on any atom is -0.349 e. The highest BCUT2D eigenvalue weighted by Gasteiger charge is 2.46. The van der Waals surface area contributed by atoms with Gasteiger partial charge in [-0.2, -0.15) is 11.3 Å². The highest BCUT2D eigenvalue weighted by atomic mass is 32.1.